The first-order chi connectivity index (χ1) is 10.9. The van der Waals surface area contributed by atoms with Crippen molar-refractivity contribution in [3.8, 4) is 5.69 Å². The van der Waals surface area contributed by atoms with Crippen molar-refractivity contribution in [1.29, 1.82) is 0 Å². The van der Waals surface area contributed by atoms with Crippen LogP contribution in [-0.4, -0.2) is 22.4 Å². The van der Waals surface area contributed by atoms with Crippen LogP contribution in [-0.2, 0) is 17.1 Å². The monoisotopic (exact) mass is 384 g/mol. The lowest BCUT2D eigenvalue weighted by molar-refractivity contribution is -0.0234. The van der Waals surface area contributed by atoms with Gasteiger partial charge in [0.05, 0.1) is 23.6 Å². The molecular weight excluding hydrogens is 370 g/mol. The molecule has 0 spiro atoms. The number of nitrogens with zero attached hydrogens (tertiary/aromatic N) is 2. The Bertz CT molecular complexity index is 759. The second-order valence-electron chi connectivity index (χ2n) is 5.34. The van der Waals surface area contributed by atoms with Gasteiger partial charge in [0.2, 0.25) is 0 Å². The molecule has 2 aromatic rings. The Balaban J connectivity index is 2.21. The maximum atomic E-state index is 14.4. The minimum absolute atomic E-state index is 0.114. The van der Waals surface area contributed by atoms with Crippen molar-refractivity contribution in [3.63, 3.8) is 0 Å². The van der Waals surface area contributed by atoms with Crippen molar-refractivity contribution in [2.24, 2.45) is 0 Å². The van der Waals surface area contributed by atoms with E-state index in [0.717, 1.165) is 4.47 Å². The van der Waals surface area contributed by atoms with E-state index in [2.05, 4.69) is 21.0 Å². The highest BCUT2D eigenvalue weighted by Gasteiger charge is 2.44. The number of rotatable bonds is 3. The van der Waals surface area contributed by atoms with Crippen LogP contribution in [0.15, 0.2) is 28.7 Å². The number of carbonyl (C=O) groups is 1. The SMILES string of the molecule is CCOC(=O)c1nn(-c2cccc(Br)c2)c2c1C(F)(F)CCC2. The molecule has 1 aliphatic carbocycles. The van der Waals surface area contributed by atoms with E-state index in [1.165, 1.54) is 4.68 Å². The van der Waals surface area contributed by atoms with Crippen LogP contribution in [0.1, 0.15) is 41.5 Å². The van der Waals surface area contributed by atoms with Crippen LogP contribution in [0.4, 0.5) is 8.78 Å². The van der Waals surface area contributed by atoms with Crippen molar-refractivity contribution in [3.05, 3.63) is 45.7 Å². The lowest BCUT2D eigenvalue weighted by atomic mass is 9.92. The molecule has 1 aromatic heterocycles. The molecule has 4 nitrogen and oxygen atoms in total. The predicted molar refractivity (Wildman–Crippen MR) is 84.1 cm³/mol. The first kappa shape index (κ1) is 16.1. The van der Waals surface area contributed by atoms with E-state index < -0.39 is 11.9 Å². The van der Waals surface area contributed by atoms with Gasteiger partial charge >= 0.3 is 5.97 Å². The van der Waals surface area contributed by atoms with Crippen molar-refractivity contribution < 1.29 is 18.3 Å². The Hall–Kier alpha value is -1.76. The van der Waals surface area contributed by atoms with Crippen LogP contribution in [0.3, 0.4) is 0 Å². The molecule has 0 fully saturated rings. The van der Waals surface area contributed by atoms with E-state index in [4.69, 9.17) is 4.74 Å². The molecule has 1 aromatic carbocycles. The first-order valence-electron chi connectivity index (χ1n) is 7.37. The molecule has 1 aliphatic rings. The third-order valence-corrected chi connectivity index (χ3v) is 4.27. The van der Waals surface area contributed by atoms with Crippen LogP contribution in [0.25, 0.3) is 5.69 Å². The highest BCUT2D eigenvalue weighted by molar-refractivity contribution is 9.10. The molecule has 3 rings (SSSR count). The molecule has 7 heteroatoms. The molecule has 0 atom stereocenters. The van der Waals surface area contributed by atoms with Crippen molar-refractivity contribution in [2.45, 2.75) is 32.1 Å². The topological polar surface area (TPSA) is 44.1 Å². The molecule has 0 saturated carbocycles. The molecule has 0 bridgehead atoms. The Morgan fingerprint density at radius 1 is 1.48 bits per heavy atom. The van der Waals surface area contributed by atoms with Gasteiger partial charge in [0, 0.05) is 10.9 Å². The van der Waals surface area contributed by atoms with Crippen molar-refractivity contribution in [1.82, 2.24) is 9.78 Å². The molecule has 1 heterocycles. The number of alkyl halides is 2. The fourth-order valence-electron chi connectivity index (χ4n) is 2.83. The number of aromatic nitrogens is 2. The molecule has 23 heavy (non-hydrogen) atoms. The van der Waals surface area contributed by atoms with Gasteiger partial charge in [-0.2, -0.15) is 5.10 Å². The molecule has 0 saturated heterocycles. The van der Waals surface area contributed by atoms with Gasteiger partial charge in [0.15, 0.2) is 5.69 Å². The van der Waals surface area contributed by atoms with E-state index >= 15 is 0 Å². The fourth-order valence-corrected chi connectivity index (χ4v) is 3.22. The zero-order valence-electron chi connectivity index (χ0n) is 12.5. The third-order valence-electron chi connectivity index (χ3n) is 3.77. The maximum absolute atomic E-state index is 14.4. The van der Waals surface area contributed by atoms with Gasteiger partial charge in [0.25, 0.3) is 5.92 Å². The number of carbonyl (C=O) groups excluding carboxylic acids is 1. The number of fused-ring (bicyclic) bond motifs is 1. The van der Waals surface area contributed by atoms with Gasteiger partial charge in [-0.1, -0.05) is 22.0 Å². The molecular formula is C16H15BrF2N2O2. The van der Waals surface area contributed by atoms with Gasteiger partial charge in [-0.05, 0) is 38.0 Å². The Labute approximate surface area is 140 Å². The summed E-state index contributed by atoms with van der Waals surface area (Å²) in [4.78, 5) is 12.1. The Kier molecular flexibility index (Phi) is 4.23. The van der Waals surface area contributed by atoms with Crippen LogP contribution in [0.5, 0.6) is 0 Å². The normalized spacial score (nSPS) is 16.0. The zero-order valence-corrected chi connectivity index (χ0v) is 14.1. The minimum atomic E-state index is -3.07. The Morgan fingerprint density at radius 2 is 2.26 bits per heavy atom. The lowest BCUT2D eigenvalue weighted by Gasteiger charge is -2.23. The summed E-state index contributed by atoms with van der Waals surface area (Å²) in [5.41, 5.74) is 0.431. The summed E-state index contributed by atoms with van der Waals surface area (Å²) in [6, 6.07) is 7.16. The number of hydrogen-bond donors (Lipinski definition) is 0. The standard InChI is InChI=1S/C16H15BrF2N2O2/c1-2-23-15(22)14-13-12(7-4-8-16(13,18)19)21(20-14)11-6-3-5-10(17)9-11/h3,5-6,9H,2,4,7-8H2,1H3. The van der Waals surface area contributed by atoms with Crippen LogP contribution in [0.2, 0.25) is 0 Å². The summed E-state index contributed by atoms with van der Waals surface area (Å²) in [6.07, 6.45) is 0.516. The summed E-state index contributed by atoms with van der Waals surface area (Å²) in [5, 5.41) is 4.16. The van der Waals surface area contributed by atoms with E-state index in [1.807, 2.05) is 6.07 Å². The highest BCUT2D eigenvalue weighted by Crippen LogP contribution is 2.42. The number of halogens is 3. The zero-order chi connectivity index (χ0) is 16.6. The van der Waals surface area contributed by atoms with Crippen molar-refractivity contribution >= 4 is 21.9 Å². The first-order valence-corrected chi connectivity index (χ1v) is 8.16. The predicted octanol–water partition coefficient (Wildman–Crippen LogP) is 4.24. The number of esters is 1. The number of hydrogen-bond acceptors (Lipinski definition) is 3. The van der Waals surface area contributed by atoms with Crippen LogP contribution >= 0.6 is 15.9 Å². The second kappa shape index (κ2) is 6.03. The summed E-state index contributed by atoms with van der Waals surface area (Å²) < 4.78 is 35.9. The summed E-state index contributed by atoms with van der Waals surface area (Å²) >= 11 is 3.36. The number of benzene rings is 1. The second-order valence-corrected chi connectivity index (χ2v) is 6.26. The average molecular weight is 385 g/mol. The number of ether oxygens (including phenoxy) is 1. The van der Waals surface area contributed by atoms with Crippen LogP contribution in [0, 0.1) is 0 Å². The molecule has 0 radical (unpaired) electrons. The lowest BCUT2D eigenvalue weighted by Crippen LogP contribution is -2.24. The van der Waals surface area contributed by atoms with Crippen molar-refractivity contribution in [2.75, 3.05) is 6.61 Å². The van der Waals surface area contributed by atoms with Gasteiger partial charge < -0.3 is 4.74 Å². The smallest absolute Gasteiger partial charge is 0.359 e. The summed E-state index contributed by atoms with van der Waals surface area (Å²) in [7, 11) is 0. The summed E-state index contributed by atoms with van der Waals surface area (Å²) in [6.45, 7) is 1.75. The van der Waals surface area contributed by atoms with Gasteiger partial charge in [-0.3, -0.25) is 0 Å². The molecule has 0 unspecified atom stereocenters. The van der Waals surface area contributed by atoms with Gasteiger partial charge in [0.1, 0.15) is 0 Å². The minimum Gasteiger partial charge on any atom is -0.461 e. The largest absolute Gasteiger partial charge is 0.461 e. The maximum Gasteiger partial charge on any atom is 0.359 e. The van der Waals surface area contributed by atoms with Gasteiger partial charge in [-0.25, -0.2) is 18.3 Å². The average Bonchev–Trinajstić information content (AvgIpc) is 2.88. The van der Waals surface area contributed by atoms with E-state index in [0.29, 0.717) is 24.2 Å². The summed E-state index contributed by atoms with van der Waals surface area (Å²) in [5.74, 6) is -3.88. The van der Waals surface area contributed by atoms with E-state index in [9.17, 15) is 13.6 Å². The fraction of sp³-hybridized carbons (Fsp3) is 0.375. The molecule has 0 N–H and O–H groups in total. The van der Waals surface area contributed by atoms with Gasteiger partial charge in [-0.15, -0.1) is 0 Å². The Morgan fingerprint density at radius 3 is 2.96 bits per heavy atom. The van der Waals surface area contributed by atoms with Crippen LogP contribution < -0.4 is 0 Å². The third kappa shape index (κ3) is 2.89. The quantitative estimate of drug-likeness (QED) is 0.743. The molecule has 0 aliphatic heterocycles. The highest BCUT2D eigenvalue weighted by atomic mass is 79.9. The molecule has 122 valence electrons. The van der Waals surface area contributed by atoms with E-state index in [1.54, 1.807) is 25.1 Å². The molecule has 0 amide bonds. The van der Waals surface area contributed by atoms with E-state index in [-0.39, 0.29) is 24.3 Å².